The predicted octanol–water partition coefficient (Wildman–Crippen LogP) is -0.183. The van der Waals surface area contributed by atoms with Gasteiger partial charge in [0.05, 0.1) is 12.5 Å². The summed E-state index contributed by atoms with van der Waals surface area (Å²) in [5, 5.41) is 19.0. The van der Waals surface area contributed by atoms with Gasteiger partial charge in [-0.3, -0.25) is 4.79 Å². The second kappa shape index (κ2) is 5.07. The van der Waals surface area contributed by atoms with Gasteiger partial charge in [0.2, 0.25) is 5.91 Å². The zero-order chi connectivity index (χ0) is 13.2. The predicted molar refractivity (Wildman–Crippen MR) is 55.5 cm³/mol. The number of hydrogen-bond acceptors (Lipinski definition) is 4. The van der Waals surface area contributed by atoms with Gasteiger partial charge >= 0.3 is 0 Å². The molecule has 7 heteroatoms. The van der Waals surface area contributed by atoms with Crippen LogP contribution in [0.5, 0.6) is 0 Å². The van der Waals surface area contributed by atoms with Gasteiger partial charge in [-0.15, -0.1) is 0 Å². The molecule has 0 aromatic heterocycles. The van der Waals surface area contributed by atoms with Crippen LogP contribution in [-0.2, 0) is 4.79 Å². The summed E-state index contributed by atoms with van der Waals surface area (Å²) in [7, 11) is 0. The Hall–Kier alpha value is -1.73. The van der Waals surface area contributed by atoms with Crippen molar-refractivity contribution in [2.45, 2.75) is 18.6 Å². The number of carbonyl (C=O) groups is 1. The van der Waals surface area contributed by atoms with Gasteiger partial charge in [-0.25, -0.2) is 8.78 Å². The van der Waals surface area contributed by atoms with Crippen molar-refractivity contribution in [2.24, 2.45) is 5.73 Å². The number of nitrogen functional groups attached to an aromatic ring is 1. The monoisotopic (exact) mass is 246 g/mol. The van der Waals surface area contributed by atoms with Crippen LogP contribution < -0.4 is 11.5 Å². The van der Waals surface area contributed by atoms with E-state index in [9.17, 15) is 23.8 Å². The number of benzene rings is 1. The minimum absolute atomic E-state index is 0.222. The lowest BCUT2D eigenvalue weighted by atomic mass is 9.99. The lowest BCUT2D eigenvalue weighted by Gasteiger charge is -2.19. The quantitative estimate of drug-likeness (QED) is 0.552. The number of amides is 1. The summed E-state index contributed by atoms with van der Waals surface area (Å²) < 4.78 is 26.3. The molecule has 2 unspecified atom stereocenters. The normalized spacial score (nSPS) is 14.4. The number of halogens is 2. The van der Waals surface area contributed by atoms with E-state index in [0.717, 1.165) is 12.1 Å². The Morgan fingerprint density at radius 1 is 1.35 bits per heavy atom. The number of nitrogens with two attached hydrogens (primary N) is 2. The molecule has 1 amide bonds. The van der Waals surface area contributed by atoms with Crippen molar-refractivity contribution in [1.29, 1.82) is 0 Å². The van der Waals surface area contributed by atoms with E-state index in [1.807, 2.05) is 0 Å². The minimum atomic E-state index is -1.82. The van der Waals surface area contributed by atoms with E-state index >= 15 is 0 Å². The highest BCUT2D eigenvalue weighted by Crippen LogP contribution is 2.28. The average molecular weight is 246 g/mol. The third-order valence-electron chi connectivity index (χ3n) is 2.24. The van der Waals surface area contributed by atoms with Crippen LogP contribution in [0.2, 0.25) is 0 Å². The van der Waals surface area contributed by atoms with Crippen molar-refractivity contribution < 1.29 is 23.8 Å². The van der Waals surface area contributed by atoms with Gasteiger partial charge in [0.15, 0.2) is 11.6 Å². The van der Waals surface area contributed by atoms with Crippen LogP contribution in [0, 0.1) is 11.6 Å². The molecule has 0 heterocycles. The van der Waals surface area contributed by atoms with Crippen molar-refractivity contribution in [2.75, 3.05) is 5.73 Å². The van der Waals surface area contributed by atoms with E-state index in [4.69, 9.17) is 11.5 Å². The first-order chi connectivity index (χ1) is 7.84. The average Bonchev–Trinajstić information content (AvgIpc) is 2.23. The molecule has 0 aliphatic heterocycles. The van der Waals surface area contributed by atoms with Crippen LogP contribution in [0.3, 0.4) is 0 Å². The maximum absolute atomic E-state index is 13.4. The molecular weight excluding hydrogens is 234 g/mol. The first-order valence-corrected chi connectivity index (χ1v) is 4.72. The summed E-state index contributed by atoms with van der Waals surface area (Å²) in [4.78, 5) is 10.5. The number of primary amides is 1. The molecule has 0 bridgehead atoms. The van der Waals surface area contributed by atoms with E-state index in [0.29, 0.717) is 0 Å². The fraction of sp³-hybridized carbons (Fsp3) is 0.300. The van der Waals surface area contributed by atoms with Crippen LogP contribution in [0.15, 0.2) is 12.1 Å². The van der Waals surface area contributed by atoms with Gasteiger partial charge < -0.3 is 21.7 Å². The number of rotatable bonds is 4. The van der Waals surface area contributed by atoms with E-state index in [1.54, 1.807) is 0 Å². The van der Waals surface area contributed by atoms with Gasteiger partial charge in [0, 0.05) is 11.3 Å². The molecule has 1 aromatic rings. The molecule has 0 spiro atoms. The highest BCUT2D eigenvalue weighted by molar-refractivity contribution is 5.74. The topological polar surface area (TPSA) is 110 Å². The van der Waals surface area contributed by atoms with Crippen molar-refractivity contribution in [3.05, 3.63) is 29.3 Å². The molecule has 1 aromatic carbocycles. The third kappa shape index (κ3) is 2.89. The Labute approximate surface area is 95.7 Å². The molecule has 5 nitrogen and oxygen atoms in total. The molecule has 0 saturated carbocycles. The Morgan fingerprint density at radius 3 is 2.47 bits per heavy atom. The smallest absolute Gasteiger partial charge is 0.220 e. The molecule has 94 valence electrons. The molecule has 17 heavy (non-hydrogen) atoms. The zero-order valence-corrected chi connectivity index (χ0v) is 8.73. The zero-order valence-electron chi connectivity index (χ0n) is 8.73. The van der Waals surface area contributed by atoms with Crippen molar-refractivity contribution in [1.82, 2.24) is 0 Å². The molecule has 6 N–H and O–H groups in total. The Balaban J connectivity index is 3.07. The standard InChI is InChI=1S/C10H12F2N2O3/c11-4-1-2-5(13)8(9(4)12)10(17)6(15)3-7(14)16/h1-2,6,10,15,17H,3,13H2,(H2,14,16). The second-order valence-electron chi connectivity index (χ2n) is 3.55. The Bertz CT molecular complexity index is 440. The van der Waals surface area contributed by atoms with Crippen LogP contribution in [0.25, 0.3) is 0 Å². The summed E-state index contributed by atoms with van der Waals surface area (Å²) in [5.74, 6) is -3.45. The molecule has 0 saturated heterocycles. The number of anilines is 1. The summed E-state index contributed by atoms with van der Waals surface area (Å²) in [6, 6.07) is 1.84. The van der Waals surface area contributed by atoms with Gasteiger partial charge in [-0.1, -0.05) is 0 Å². The van der Waals surface area contributed by atoms with E-state index in [-0.39, 0.29) is 5.69 Å². The number of carbonyl (C=O) groups excluding carboxylic acids is 1. The van der Waals surface area contributed by atoms with E-state index in [1.165, 1.54) is 0 Å². The van der Waals surface area contributed by atoms with Gasteiger partial charge in [-0.05, 0) is 12.1 Å². The third-order valence-corrected chi connectivity index (χ3v) is 2.24. The first-order valence-electron chi connectivity index (χ1n) is 4.72. The summed E-state index contributed by atoms with van der Waals surface area (Å²) >= 11 is 0. The highest BCUT2D eigenvalue weighted by Gasteiger charge is 2.26. The van der Waals surface area contributed by atoms with Crippen molar-refractivity contribution in [3.8, 4) is 0 Å². The summed E-state index contributed by atoms with van der Waals surface area (Å²) in [5.41, 5.74) is 9.37. The molecule has 0 aliphatic carbocycles. The summed E-state index contributed by atoms with van der Waals surface area (Å²) in [6.45, 7) is 0. The van der Waals surface area contributed by atoms with E-state index < -0.39 is 41.7 Å². The second-order valence-corrected chi connectivity index (χ2v) is 3.55. The van der Waals surface area contributed by atoms with Gasteiger partial charge in [0.1, 0.15) is 6.10 Å². The number of aliphatic hydroxyl groups excluding tert-OH is 2. The van der Waals surface area contributed by atoms with Crippen molar-refractivity contribution in [3.63, 3.8) is 0 Å². The Morgan fingerprint density at radius 2 is 1.94 bits per heavy atom. The van der Waals surface area contributed by atoms with Gasteiger partial charge in [0.25, 0.3) is 0 Å². The van der Waals surface area contributed by atoms with Gasteiger partial charge in [-0.2, -0.15) is 0 Å². The lowest BCUT2D eigenvalue weighted by Crippen LogP contribution is -2.27. The first kappa shape index (κ1) is 13.3. The molecular formula is C10H12F2N2O3. The van der Waals surface area contributed by atoms with Crippen LogP contribution in [0.4, 0.5) is 14.5 Å². The molecule has 1 rings (SSSR count). The highest BCUT2D eigenvalue weighted by atomic mass is 19.2. The maximum atomic E-state index is 13.4. The lowest BCUT2D eigenvalue weighted by molar-refractivity contribution is -0.121. The molecule has 0 radical (unpaired) electrons. The fourth-order valence-corrected chi connectivity index (χ4v) is 1.39. The minimum Gasteiger partial charge on any atom is -0.398 e. The van der Waals surface area contributed by atoms with Crippen molar-refractivity contribution >= 4 is 11.6 Å². The van der Waals surface area contributed by atoms with Crippen LogP contribution in [-0.4, -0.2) is 22.2 Å². The fourth-order valence-electron chi connectivity index (χ4n) is 1.39. The molecule has 0 fully saturated rings. The maximum Gasteiger partial charge on any atom is 0.220 e. The molecule has 0 aliphatic rings. The molecule has 2 atom stereocenters. The number of aliphatic hydroxyl groups is 2. The largest absolute Gasteiger partial charge is 0.398 e. The van der Waals surface area contributed by atoms with Crippen LogP contribution >= 0.6 is 0 Å². The number of hydrogen-bond donors (Lipinski definition) is 4. The summed E-state index contributed by atoms with van der Waals surface area (Å²) in [6.07, 6.45) is -4.05. The van der Waals surface area contributed by atoms with Crippen LogP contribution in [0.1, 0.15) is 18.1 Å². The SMILES string of the molecule is NC(=O)CC(O)C(O)c1c(N)ccc(F)c1F. The van der Waals surface area contributed by atoms with E-state index in [2.05, 4.69) is 0 Å². The Kier molecular flexibility index (Phi) is 3.97.